The Morgan fingerprint density at radius 3 is 2.10 bits per heavy atom. The van der Waals surface area contributed by atoms with Crippen molar-refractivity contribution in [1.29, 1.82) is 0 Å². The van der Waals surface area contributed by atoms with Crippen LogP contribution in [0.25, 0.3) is 0 Å². The molecular formula is C25H31Cl3SiTi. The van der Waals surface area contributed by atoms with Gasteiger partial charge < -0.3 is 37.2 Å². The number of allylic oxidation sites excluding steroid dienone is 4. The standard InChI is InChI=1S/C25H31Si.3ClH.Ti/c1-5-6-15-26(4,24-17-20(2)16-21(3)18-24)25-14-10-13-23(25)19-22-11-8-7-9-12-22;;;;/h7-9,11-13,16-18H,5-6,10,15,19H2,1-4H3;3*1H;/q;;;;+3/p-3. The van der Waals surface area contributed by atoms with Gasteiger partial charge in [0.05, 0.1) is 0 Å². The first kappa shape index (κ1) is 29.7. The van der Waals surface area contributed by atoms with E-state index < -0.39 is 8.07 Å². The molecule has 160 valence electrons. The molecule has 0 amide bonds. The van der Waals surface area contributed by atoms with Crippen molar-refractivity contribution in [3.8, 4) is 0 Å². The number of rotatable bonds is 7. The molecule has 2 aromatic rings. The molecule has 0 bridgehead atoms. The van der Waals surface area contributed by atoms with Crippen LogP contribution in [0.15, 0.2) is 69.3 Å². The molecule has 0 heterocycles. The third kappa shape index (κ3) is 6.86. The Hall–Kier alpha value is -0.279. The van der Waals surface area contributed by atoms with Crippen molar-refractivity contribution in [2.75, 3.05) is 0 Å². The molecule has 30 heavy (non-hydrogen) atoms. The van der Waals surface area contributed by atoms with E-state index in [0.717, 1.165) is 12.8 Å². The predicted molar refractivity (Wildman–Crippen MR) is 117 cm³/mol. The van der Waals surface area contributed by atoms with Crippen LogP contribution >= 0.6 is 0 Å². The summed E-state index contributed by atoms with van der Waals surface area (Å²) in [5.41, 5.74) is 5.85. The van der Waals surface area contributed by atoms with Gasteiger partial charge in [0.1, 0.15) is 0 Å². The van der Waals surface area contributed by atoms with Crippen molar-refractivity contribution in [1.82, 2.24) is 0 Å². The van der Waals surface area contributed by atoms with E-state index in [-0.39, 0.29) is 37.2 Å². The molecule has 1 aliphatic rings. The third-order valence-electron chi connectivity index (χ3n) is 5.85. The van der Waals surface area contributed by atoms with E-state index in [1.165, 1.54) is 35.6 Å². The van der Waals surface area contributed by atoms with Gasteiger partial charge in [0.2, 0.25) is 0 Å². The number of unbranched alkanes of at least 4 members (excludes halogenated alkanes) is 1. The van der Waals surface area contributed by atoms with Gasteiger partial charge in [-0.15, -0.1) is 0 Å². The fourth-order valence-corrected chi connectivity index (χ4v) is 10.9. The zero-order valence-corrected chi connectivity index (χ0v) is 23.2. The maximum absolute atomic E-state index is 2.62. The molecule has 0 aromatic heterocycles. The largest absolute Gasteiger partial charge is 1.00 e. The van der Waals surface area contributed by atoms with E-state index in [0.29, 0.717) is 0 Å². The summed E-state index contributed by atoms with van der Waals surface area (Å²) in [5.74, 6) is 0. The van der Waals surface area contributed by atoms with Gasteiger partial charge in [-0.3, -0.25) is 0 Å². The topological polar surface area (TPSA) is 0 Å². The fourth-order valence-electron chi connectivity index (χ4n) is 4.52. The average molecular weight is 514 g/mol. The summed E-state index contributed by atoms with van der Waals surface area (Å²) in [5, 5.41) is 3.37. The minimum absolute atomic E-state index is 0. The summed E-state index contributed by atoms with van der Waals surface area (Å²) in [6.07, 6.45) is 7.32. The first-order valence-electron chi connectivity index (χ1n) is 10.2. The molecule has 1 aliphatic carbocycles. The maximum Gasteiger partial charge on any atom is -1.00 e. The molecular weight excluding hydrogens is 483 g/mol. The van der Waals surface area contributed by atoms with Crippen LogP contribution in [0.1, 0.15) is 42.9 Å². The summed E-state index contributed by atoms with van der Waals surface area (Å²) in [6.45, 7) is 9.45. The smallest absolute Gasteiger partial charge is 1.00 e. The summed E-state index contributed by atoms with van der Waals surface area (Å²) >= 11 is 2.38. The summed E-state index contributed by atoms with van der Waals surface area (Å²) in [7, 11) is -1.74. The molecule has 3 rings (SSSR count). The molecule has 2 aromatic carbocycles. The Kier molecular flexibility index (Phi) is 13.2. The quantitative estimate of drug-likeness (QED) is 0.354. The Morgan fingerprint density at radius 2 is 1.53 bits per heavy atom. The first-order valence-corrected chi connectivity index (χ1v) is 13.7. The van der Waals surface area contributed by atoms with Gasteiger partial charge in [-0.2, -0.15) is 0 Å². The Morgan fingerprint density at radius 1 is 0.933 bits per heavy atom. The van der Waals surface area contributed by atoms with Gasteiger partial charge >= 0.3 is 179 Å². The van der Waals surface area contributed by atoms with Crippen LogP contribution in [-0.2, 0) is 26.9 Å². The average Bonchev–Trinajstić information content (AvgIpc) is 3.00. The zero-order valence-electron chi connectivity index (χ0n) is 18.4. The van der Waals surface area contributed by atoms with Crippen molar-refractivity contribution in [2.45, 2.75) is 59.0 Å². The predicted octanol–water partition coefficient (Wildman–Crippen LogP) is -2.69. The zero-order chi connectivity index (χ0) is 19.4. The SMILES string of the molecule is CCCC[Si](C)(C1=[C]([Ti+3])CC=C1Cc1ccccc1)c1cc(C)cc(C)c1.[Cl-].[Cl-].[Cl-]. The van der Waals surface area contributed by atoms with Gasteiger partial charge in [-0.1, -0.05) is 0 Å². The van der Waals surface area contributed by atoms with E-state index >= 15 is 0 Å². The van der Waals surface area contributed by atoms with Crippen LogP contribution in [0.3, 0.4) is 0 Å². The molecule has 1 unspecified atom stereocenters. The minimum atomic E-state index is -1.74. The molecule has 0 saturated carbocycles. The molecule has 0 fully saturated rings. The van der Waals surface area contributed by atoms with Crippen molar-refractivity contribution < 1.29 is 57.7 Å². The molecule has 0 spiro atoms. The minimum Gasteiger partial charge on any atom is -1.00 e. The Labute approximate surface area is 214 Å². The van der Waals surface area contributed by atoms with Crippen molar-refractivity contribution >= 4 is 13.3 Å². The molecule has 0 saturated heterocycles. The van der Waals surface area contributed by atoms with Gasteiger partial charge in [-0.25, -0.2) is 0 Å². The van der Waals surface area contributed by atoms with Gasteiger partial charge in [0.25, 0.3) is 0 Å². The summed E-state index contributed by atoms with van der Waals surface area (Å²) in [4.78, 5) is 0. The number of halogens is 3. The second kappa shape index (κ2) is 13.3. The second-order valence-electron chi connectivity index (χ2n) is 8.26. The summed E-state index contributed by atoms with van der Waals surface area (Å²) in [6, 6.07) is 19.6. The third-order valence-corrected chi connectivity index (χ3v) is 11.6. The van der Waals surface area contributed by atoms with Crippen LogP contribution < -0.4 is 42.4 Å². The molecule has 1 atom stereocenters. The van der Waals surface area contributed by atoms with E-state index in [1.54, 1.807) is 19.8 Å². The number of aryl methyl sites for hydroxylation is 2. The maximum atomic E-state index is 2.62. The van der Waals surface area contributed by atoms with Crippen LogP contribution in [0.4, 0.5) is 0 Å². The van der Waals surface area contributed by atoms with Crippen LogP contribution in [0, 0.1) is 13.8 Å². The van der Waals surface area contributed by atoms with Crippen molar-refractivity contribution in [3.63, 3.8) is 0 Å². The van der Waals surface area contributed by atoms with E-state index in [9.17, 15) is 0 Å². The number of hydrogen-bond acceptors (Lipinski definition) is 0. The monoisotopic (exact) mass is 512 g/mol. The Balaban J connectivity index is 0.00000280. The van der Waals surface area contributed by atoms with Gasteiger partial charge in [0, 0.05) is 0 Å². The second-order valence-corrected chi connectivity index (χ2v) is 13.4. The molecule has 0 N–H and O–H groups in total. The number of hydrogen-bond donors (Lipinski definition) is 0. The number of benzene rings is 2. The van der Waals surface area contributed by atoms with E-state index in [2.05, 4.69) is 102 Å². The van der Waals surface area contributed by atoms with Gasteiger partial charge in [0.15, 0.2) is 0 Å². The molecule has 0 nitrogen and oxygen atoms in total. The van der Waals surface area contributed by atoms with Crippen molar-refractivity contribution in [3.05, 3.63) is 85.9 Å². The first-order chi connectivity index (χ1) is 12.9. The molecule has 5 heteroatoms. The summed E-state index contributed by atoms with van der Waals surface area (Å²) < 4.78 is 1.62. The van der Waals surface area contributed by atoms with Crippen LogP contribution in [-0.4, -0.2) is 8.07 Å². The van der Waals surface area contributed by atoms with E-state index in [4.69, 9.17) is 0 Å². The molecule has 0 radical (unpaired) electrons. The molecule has 0 aliphatic heterocycles. The van der Waals surface area contributed by atoms with Crippen LogP contribution in [0.2, 0.25) is 12.6 Å². The van der Waals surface area contributed by atoms with Crippen LogP contribution in [0.5, 0.6) is 0 Å². The van der Waals surface area contributed by atoms with E-state index in [1.807, 2.05) is 0 Å². The fraction of sp³-hybridized carbons (Fsp3) is 0.360. The Bertz CT molecular complexity index is 857. The normalized spacial score (nSPS) is 14.8. The van der Waals surface area contributed by atoms with Crippen molar-refractivity contribution in [2.24, 2.45) is 0 Å². The van der Waals surface area contributed by atoms with Gasteiger partial charge in [-0.05, 0) is 0 Å².